The quantitative estimate of drug-likeness (QED) is 0.643. The molecule has 8 heteroatoms. The van der Waals surface area contributed by atoms with Crippen LogP contribution < -0.4 is 10.5 Å². The molecule has 2 aromatic rings. The Morgan fingerprint density at radius 2 is 1.76 bits per heavy atom. The molecule has 0 spiro atoms. The van der Waals surface area contributed by atoms with E-state index in [1.54, 1.807) is 24.3 Å². The lowest BCUT2D eigenvalue weighted by Crippen LogP contribution is -2.16. The molecule has 0 amide bonds. The highest BCUT2D eigenvalue weighted by molar-refractivity contribution is 9.10. The molecule has 1 aromatic carbocycles. The molecule has 0 saturated carbocycles. The van der Waals surface area contributed by atoms with Crippen molar-refractivity contribution in [2.24, 2.45) is 5.73 Å². The van der Waals surface area contributed by atoms with Gasteiger partial charge in [-0.25, -0.2) is 4.98 Å². The first-order chi connectivity index (χ1) is 9.77. The van der Waals surface area contributed by atoms with Crippen LogP contribution in [0, 0.1) is 5.41 Å². The smallest absolute Gasteiger partial charge is 0.433 e. The van der Waals surface area contributed by atoms with Gasteiger partial charge in [0.2, 0.25) is 5.88 Å². The Balaban J connectivity index is 2.43. The summed E-state index contributed by atoms with van der Waals surface area (Å²) >= 11 is 3.23. The Bertz CT molecular complexity index is 671. The average molecular weight is 360 g/mol. The molecule has 0 aliphatic heterocycles. The van der Waals surface area contributed by atoms with E-state index in [9.17, 15) is 13.2 Å². The molecule has 3 N–H and O–H groups in total. The van der Waals surface area contributed by atoms with Crippen molar-refractivity contribution in [1.82, 2.24) is 4.98 Å². The van der Waals surface area contributed by atoms with Crippen LogP contribution in [0.4, 0.5) is 13.2 Å². The molecule has 0 aliphatic rings. The van der Waals surface area contributed by atoms with Gasteiger partial charge < -0.3 is 10.5 Å². The number of nitrogens with one attached hydrogen (secondary N) is 1. The molecule has 1 aromatic heterocycles. The fraction of sp³-hybridized carbons (Fsp3) is 0.0769. The summed E-state index contributed by atoms with van der Waals surface area (Å²) in [5.74, 6) is -0.504. The number of nitrogens with zero attached hydrogens (tertiary/aromatic N) is 1. The third-order valence-corrected chi connectivity index (χ3v) is 3.00. The molecule has 0 atom stereocenters. The van der Waals surface area contributed by atoms with Gasteiger partial charge in [-0.15, -0.1) is 0 Å². The molecule has 110 valence electrons. The van der Waals surface area contributed by atoms with Crippen molar-refractivity contribution in [3.8, 4) is 11.6 Å². The Labute approximate surface area is 126 Å². The Morgan fingerprint density at radius 3 is 2.29 bits per heavy atom. The highest BCUT2D eigenvalue weighted by Crippen LogP contribution is 2.32. The van der Waals surface area contributed by atoms with E-state index in [1.165, 1.54) is 0 Å². The number of ether oxygens (including phenoxy) is 1. The van der Waals surface area contributed by atoms with Crippen molar-refractivity contribution in [2.75, 3.05) is 0 Å². The van der Waals surface area contributed by atoms with Gasteiger partial charge in [0.25, 0.3) is 0 Å². The van der Waals surface area contributed by atoms with Gasteiger partial charge >= 0.3 is 6.18 Å². The van der Waals surface area contributed by atoms with Crippen LogP contribution in [0.3, 0.4) is 0 Å². The molecular formula is C13H9BrF3N3O. The number of amidine groups is 1. The first-order valence-electron chi connectivity index (χ1n) is 5.63. The number of alkyl halides is 3. The molecule has 0 bridgehead atoms. The second-order valence-electron chi connectivity index (χ2n) is 4.02. The first-order valence-corrected chi connectivity index (χ1v) is 6.43. The minimum absolute atomic E-state index is 0.00841. The van der Waals surface area contributed by atoms with E-state index in [0.717, 1.165) is 16.6 Å². The predicted octanol–water partition coefficient (Wildman–Crippen LogP) is 3.94. The summed E-state index contributed by atoms with van der Waals surface area (Å²) in [4.78, 5) is 3.40. The van der Waals surface area contributed by atoms with Gasteiger partial charge in [-0.3, -0.25) is 5.41 Å². The van der Waals surface area contributed by atoms with Crippen LogP contribution in [-0.4, -0.2) is 10.8 Å². The summed E-state index contributed by atoms with van der Waals surface area (Å²) in [6.07, 6.45) is -4.60. The standard InChI is InChI=1S/C13H9BrF3N3O/c14-7-1-3-8(4-2-7)21-12-9(11(18)19)5-6-10(20-12)13(15,16)17/h1-6H,(H3,18,19). The molecule has 4 nitrogen and oxygen atoms in total. The molecular weight excluding hydrogens is 351 g/mol. The highest BCUT2D eigenvalue weighted by atomic mass is 79.9. The third-order valence-electron chi connectivity index (χ3n) is 2.47. The van der Waals surface area contributed by atoms with Crippen molar-refractivity contribution in [3.63, 3.8) is 0 Å². The lowest BCUT2D eigenvalue weighted by molar-refractivity contribution is -0.141. The Morgan fingerprint density at radius 1 is 1.14 bits per heavy atom. The zero-order chi connectivity index (χ0) is 15.6. The van der Waals surface area contributed by atoms with Crippen molar-refractivity contribution in [3.05, 3.63) is 52.1 Å². The van der Waals surface area contributed by atoms with Crippen LogP contribution in [0.1, 0.15) is 11.3 Å². The van der Waals surface area contributed by atoms with E-state index in [-0.39, 0.29) is 17.2 Å². The topological polar surface area (TPSA) is 72.0 Å². The third kappa shape index (κ3) is 3.72. The molecule has 0 aliphatic carbocycles. The number of nitrogens with two attached hydrogens (primary N) is 1. The van der Waals surface area contributed by atoms with Crippen LogP contribution in [0.5, 0.6) is 11.6 Å². The Kier molecular flexibility index (Phi) is 4.17. The number of halogens is 4. The van der Waals surface area contributed by atoms with Gasteiger partial charge in [-0.1, -0.05) is 15.9 Å². The largest absolute Gasteiger partial charge is 0.438 e. The van der Waals surface area contributed by atoms with Crippen LogP contribution in [-0.2, 0) is 6.18 Å². The van der Waals surface area contributed by atoms with Gasteiger partial charge in [0.05, 0.1) is 5.56 Å². The minimum atomic E-state index is -4.60. The predicted molar refractivity (Wildman–Crippen MR) is 74.5 cm³/mol. The number of pyridine rings is 1. The summed E-state index contributed by atoms with van der Waals surface area (Å²) in [5, 5.41) is 7.37. The van der Waals surface area contributed by atoms with E-state index in [4.69, 9.17) is 15.9 Å². The van der Waals surface area contributed by atoms with Crippen LogP contribution in [0.25, 0.3) is 0 Å². The maximum absolute atomic E-state index is 12.7. The van der Waals surface area contributed by atoms with E-state index < -0.39 is 17.7 Å². The van der Waals surface area contributed by atoms with Gasteiger partial charge in [-0.2, -0.15) is 13.2 Å². The van der Waals surface area contributed by atoms with Crippen LogP contribution in [0.2, 0.25) is 0 Å². The highest BCUT2D eigenvalue weighted by Gasteiger charge is 2.33. The van der Waals surface area contributed by atoms with Crippen molar-refractivity contribution < 1.29 is 17.9 Å². The van der Waals surface area contributed by atoms with Gasteiger partial charge in [0, 0.05) is 4.47 Å². The number of hydrogen-bond donors (Lipinski definition) is 2. The summed E-state index contributed by atoms with van der Waals surface area (Å²) in [5.41, 5.74) is 4.21. The molecule has 0 fully saturated rings. The summed E-state index contributed by atoms with van der Waals surface area (Å²) in [6, 6.07) is 8.25. The molecule has 1 heterocycles. The normalized spacial score (nSPS) is 11.2. The number of hydrogen-bond acceptors (Lipinski definition) is 3. The average Bonchev–Trinajstić information content (AvgIpc) is 2.40. The van der Waals surface area contributed by atoms with Gasteiger partial charge in [0.15, 0.2) is 0 Å². The molecule has 21 heavy (non-hydrogen) atoms. The monoisotopic (exact) mass is 359 g/mol. The summed E-state index contributed by atoms with van der Waals surface area (Å²) < 4.78 is 44.1. The lowest BCUT2D eigenvalue weighted by atomic mass is 10.2. The van der Waals surface area contributed by atoms with Crippen molar-refractivity contribution >= 4 is 21.8 Å². The first kappa shape index (κ1) is 15.3. The lowest BCUT2D eigenvalue weighted by Gasteiger charge is -2.12. The summed E-state index contributed by atoms with van der Waals surface area (Å²) in [7, 11) is 0. The fourth-order valence-corrected chi connectivity index (χ4v) is 1.76. The van der Waals surface area contributed by atoms with E-state index >= 15 is 0 Å². The number of nitrogen functional groups attached to an aromatic ring is 1. The second-order valence-corrected chi connectivity index (χ2v) is 4.93. The zero-order valence-electron chi connectivity index (χ0n) is 10.4. The van der Waals surface area contributed by atoms with Crippen molar-refractivity contribution in [2.45, 2.75) is 6.18 Å². The SMILES string of the molecule is N=C(N)c1ccc(C(F)(F)F)nc1Oc1ccc(Br)cc1. The fourth-order valence-electron chi connectivity index (χ4n) is 1.50. The number of aromatic nitrogens is 1. The van der Waals surface area contributed by atoms with E-state index in [1.807, 2.05) is 0 Å². The minimum Gasteiger partial charge on any atom is -0.438 e. The van der Waals surface area contributed by atoms with Crippen molar-refractivity contribution in [1.29, 1.82) is 5.41 Å². The summed E-state index contributed by atoms with van der Waals surface area (Å²) in [6.45, 7) is 0. The number of rotatable bonds is 3. The number of benzene rings is 1. The molecule has 2 rings (SSSR count). The van der Waals surface area contributed by atoms with E-state index in [2.05, 4.69) is 20.9 Å². The molecule has 0 radical (unpaired) electrons. The maximum Gasteiger partial charge on any atom is 0.433 e. The maximum atomic E-state index is 12.7. The van der Waals surface area contributed by atoms with Crippen LogP contribution in [0.15, 0.2) is 40.9 Å². The molecule has 0 saturated heterocycles. The zero-order valence-corrected chi connectivity index (χ0v) is 12.0. The molecule has 0 unspecified atom stereocenters. The van der Waals surface area contributed by atoms with Gasteiger partial charge in [-0.05, 0) is 36.4 Å². The Hall–Kier alpha value is -2.09. The van der Waals surface area contributed by atoms with E-state index in [0.29, 0.717) is 0 Å². The second kappa shape index (κ2) is 5.72. The van der Waals surface area contributed by atoms with Crippen LogP contribution >= 0.6 is 15.9 Å². The van der Waals surface area contributed by atoms with Gasteiger partial charge in [0.1, 0.15) is 17.3 Å².